The van der Waals surface area contributed by atoms with Gasteiger partial charge >= 0.3 is 0 Å². The van der Waals surface area contributed by atoms with Crippen molar-refractivity contribution in [2.75, 3.05) is 26.3 Å². The quantitative estimate of drug-likeness (QED) is 0.546. The smallest absolute Gasteiger partial charge is 0.191 e. The number of aryl methyl sites for hydroxylation is 1. The summed E-state index contributed by atoms with van der Waals surface area (Å²) in [7, 11) is 0. The largest absolute Gasteiger partial charge is 0.381 e. The number of aliphatic imine (C=N–C) groups is 1. The maximum absolute atomic E-state index is 13.4. The number of guanidine groups is 1. The predicted octanol–water partition coefficient (Wildman–Crippen LogP) is 3.65. The first-order chi connectivity index (χ1) is 13.6. The number of thiazole rings is 1. The molecule has 152 valence electrons. The Kier molecular flexibility index (Phi) is 7.39. The van der Waals surface area contributed by atoms with Crippen molar-refractivity contribution in [1.29, 1.82) is 0 Å². The van der Waals surface area contributed by atoms with Crippen LogP contribution in [0.2, 0.25) is 0 Å². The lowest BCUT2D eigenvalue weighted by atomic mass is 9.74. The predicted molar refractivity (Wildman–Crippen MR) is 112 cm³/mol. The summed E-state index contributed by atoms with van der Waals surface area (Å²) >= 11 is 1.71. The van der Waals surface area contributed by atoms with E-state index in [1.54, 1.807) is 23.5 Å². The number of halogens is 1. The molecule has 1 saturated heterocycles. The Balaban J connectivity index is 1.71. The molecule has 5 nitrogen and oxygen atoms in total. The van der Waals surface area contributed by atoms with Gasteiger partial charge in [-0.2, -0.15) is 0 Å². The fraction of sp³-hybridized carbons (Fsp3) is 0.524. The van der Waals surface area contributed by atoms with Gasteiger partial charge in [-0.05, 0) is 43.9 Å². The first-order valence-corrected chi connectivity index (χ1v) is 10.8. The second-order valence-electron chi connectivity index (χ2n) is 7.02. The molecule has 1 aliphatic rings. The summed E-state index contributed by atoms with van der Waals surface area (Å²) in [5.74, 6) is 0.576. The van der Waals surface area contributed by atoms with Crippen LogP contribution in [0.5, 0.6) is 0 Å². The summed E-state index contributed by atoms with van der Waals surface area (Å²) in [5.41, 5.74) is 1.06. The number of aromatic nitrogens is 1. The third kappa shape index (κ3) is 5.29. The van der Waals surface area contributed by atoms with Crippen LogP contribution in [-0.4, -0.2) is 37.2 Å². The highest BCUT2D eigenvalue weighted by Gasteiger charge is 2.34. The van der Waals surface area contributed by atoms with Crippen molar-refractivity contribution in [3.05, 3.63) is 51.7 Å². The summed E-state index contributed by atoms with van der Waals surface area (Å²) in [6.45, 7) is 7.70. The number of nitrogens with zero attached hydrogens (tertiary/aromatic N) is 2. The minimum Gasteiger partial charge on any atom is -0.381 e. The summed E-state index contributed by atoms with van der Waals surface area (Å²) in [4.78, 5) is 10.4. The standard InChI is InChI=1S/C21H29FN4OS/c1-3-18-13-24-19(28-18)14-25-20(23-4-2)26-15-21(9-11-27-12-10-21)16-5-7-17(22)8-6-16/h5-8,13H,3-4,9-12,14-15H2,1-2H3,(H2,23,25,26). The molecule has 1 aromatic carbocycles. The maximum atomic E-state index is 13.4. The summed E-state index contributed by atoms with van der Waals surface area (Å²) < 4.78 is 19.0. The number of hydrogen-bond acceptors (Lipinski definition) is 4. The van der Waals surface area contributed by atoms with E-state index in [1.807, 2.05) is 18.3 Å². The van der Waals surface area contributed by atoms with Crippen LogP contribution in [0, 0.1) is 5.82 Å². The van der Waals surface area contributed by atoms with Crippen molar-refractivity contribution in [3.63, 3.8) is 0 Å². The van der Waals surface area contributed by atoms with E-state index in [9.17, 15) is 4.39 Å². The third-order valence-electron chi connectivity index (χ3n) is 5.17. The van der Waals surface area contributed by atoms with Crippen LogP contribution in [0.25, 0.3) is 0 Å². The van der Waals surface area contributed by atoms with Gasteiger partial charge in [0.2, 0.25) is 0 Å². The molecule has 0 saturated carbocycles. The number of benzene rings is 1. The molecule has 0 amide bonds. The summed E-state index contributed by atoms with van der Waals surface area (Å²) in [6, 6.07) is 6.88. The molecule has 0 bridgehead atoms. The van der Waals surface area contributed by atoms with Crippen LogP contribution in [0.3, 0.4) is 0 Å². The first-order valence-electron chi connectivity index (χ1n) is 9.95. The SMILES string of the molecule is CCNC(=NCc1ncc(CC)s1)NCC1(c2ccc(F)cc2)CCOCC1. The zero-order valence-corrected chi connectivity index (χ0v) is 17.4. The van der Waals surface area contributed by atoms with E-state index >= 15 is 0 Å². The van der Waals surface area contributed by atoms with Crippen molar-refractivity contribution >= 4 is 17.3 Å². The Bertz CT molecular complexity index is 769. The molecule has 1 fully saturated rings. The van der Waals surface area contributed by atoms with Crippen LogP contribution < -0.4 is 10.6 Å². The van der Waals surface area contributed by atoms with Gasteiger partial charge in [-0.15, -0.1) is 11.3 Å². The lowest BCUT2D eigenvalue weighted by Gasteiger charge is -2.38. The molecule has 7 heteroatoms. The van der Waals surface area contributed by atoms with Crippen LogP contribution in [-0.2, 0) is 23.1 Å². The number of rotatable bonds is 7. The Morgan fingerprint density at radius 3 is 2.61 bits per heavy atom. The Hall–Kier alpha value is -1.99. The van der Waals surface area contributed by atoms with Gasteiger partial charge in [0, 0.05) is 42.8 Å². The molecule has 0 atom stereocenters. The second-order valence-corrected chi connectivity index (χ2v) is 8.22. The third-order valence-corrected chi connectivity index (χ3v) is 6.29. The van der Waals surface area contributed by atoms with Crippen LogP contribution >= 0.6 is 11.3 Å². The Labute approximate surface area is 170 Å². The molecule has 1 aliphatic heterocycles. The zero-order chi connectivity index (χ0) is 19.8. The fourth-order valence-corrected chi connectivity index (χ4v) is 4.25. The van der Waals surface area contributed by atoms with E-state index in [1.165, 1.54) is 4.88 Å². The topological polar surface area (TPSA) is 58.5 Å². The van der Waals surface area contributed by atoms with Crippen molar-refractivity contribution in [1.82, 2.24) is 15.6 Å². The number of ether oxygens (including phenoxy) is 1. The molecule has 0 aliphatic carbocycles. The lowest BCUT2D eigenvalue weighted by molar-refractivity contribution is 0.0513. The molecule has 2 N–H and O–H groups in total. The molecule has 0 spiro atoms. The molecule has 28 heavy (non-hydrogen) atoms. The molecular formula is C21H29FN4OS. The molecular weight excluding hydrogens is 375 g/mol. The van der Waals surface area contributed by atoms with Crippen LogP contribution in [0.1, 0.15) is 42.1 Å². The number of hydrogen-bond donors (Lipinski definition) is 2. The molecule has 1 aromatic heterocycles. The van der Waals surface area contributed by atoms with Gasteiger partial charge < -0.3 is 15.4 Å². The van der Waals surface area contributed by atoms with Crippen molar-refractivity contribution < 1.29 is 9.13 Å². The fourth-order valence-electron chi connectivity index (χ4n) is 3.46. The van der Waals surface area contributed by atoms with Crippen LogP contribution in [0.4, 0.5) is 4.39 Å². The monoisotopic (exact) mass is 404 g/mol. The van der Waals surface area contributed by atoms with Gasteiger partial charge in [0.05, 0.1) is 6.54 Å². The Morgan fingerprint density at radius 1 is 1.21 bits per heavy atom. The van der Waals surface area contributed by atoms with Gasteiger partial charge in [-0.1, -0.05) is 19.1 Å². The van der Waals surface area contributed by atoms with Gasteiger partial charge in [-0.25, -0.2) is 14.4 Å². The highest BCUT2D eigenvalue weighted by atomic mass is 32.1. The minimum atomic E-state index is -0.205. The molecule has 0 radical (unpaired) electrons. The van der Waals surface area contributed by atoms with Crippen molar-refractivity contribution in [2.45, 2.75) is 45.1 Å². The van der Waals surface area contributed by atoms with E-state index < -0.39 is 0 Å². The van der Waals surface area contributed by atoms with Gasteiger partial charge in [0.1, 0.15) is 10.8 Å². The zero-order valence-electron chi connectivity index (χ0n) is 16.6. The molecule has 0 unspecified atom stereocenters. The summed E-state index contributed by atoms with van der Waals surface area (Å²) in [6.07, 6.45) is 4.73. The van der Waals surface area contributed by atoms with Gasteiger partial charge in [0.15, 0.2) is 5.96 Å². The minimum absolute atomic E-state index is 0.0846. The average Bonchev–Trinajstić information content (AvgIpc) is 3.19. The Morgan fingerprint density at radius 2 is 1.96 bits per heavy atom. The lowest BCUT2D eigenvalue weighted by Crippen LogP contribution is -2.48. The van der Waals surface area contributed by atoms with E-state index in [-0.39, 0.29) is 11.2 Å². The number of nitrogens with one attached hydrogen (secondary N) is 2. The average molecular weight is 405 g/mol. The maximum Gasteiger partial charge on any atom is 0.191 e. The second kappa shape index (κ2) is 9.98. The van der Waals surface area contributed by atoms with Crippen molar-refractivity contribution in [3.8, 4) is 0 Å². The van der Waals surface area contributed by atoms with E-state index in [4.69, 9.17) is 9.73 Å². The van der Waals surface area contributed by atoms with Crippen LogP contribution in [0.15, 0.2) is 35.5 Å². The van der Waals surface area contributed by atoms with Crippen molar-refractivity contribution in [2.24, 2.45) is 4.99 Å². The molecule has 3 rings (SSSR count). The van der Waals surface area contributed by atoms with E-state index in [0.29, 0.717) is 19.8 Å². The van der Waals surface area contributed by atoms with E-state index in [0.717, 1.165) is 48.9 Å². The van der Waals surface area contributed by atoms with Gasteiger partial charge in [0.25, 0.3) is 0 Å². The highest BCUT2D eigenvalue weighted by molar-refractivity contribution is 7.11. The molecule has 2 heterocycles. The normalized spacial score (nSPS) is 16.8. The summed E-state index contributed by atoms with van der Waals surface area (Å²) in [5, 5.41) is 7.84. The first kappa shape index (κ1) is 20.7. The molecule has 2 aromatic rings. The van der Waals surface area contributed by atoms with E-state index in [2.05, 4.69) is 29.5 Å². The van der Waals surface area contributed by atoms with Gasteiger partial charge in [-0.3, -0.25) is 0 Å². The highest BCUT2D eigenvalue weighted by Crippen LogP contribution is 2.34.